The molecule has 114 valence electrons. The van der Waals surface area contributed by atoms with Crippen LogP contribution in [-0.2, 0) is 4.79 Å². The minimum atomic E-state index is -0.483. The van der Waals surface area contributed by atoms with E-state index in [1.807, 2.05) is 4.90 Å². The SMILES string of the molecule is C[C@H](C(=O)Nc1ccc([N+](=O)[O-])cc1)N1CCC[C@@H](O)C1. The van der Waals surface area contributed by atoms with Crippen molar-refractivity contribution < 1.29 is 14.8 Å². The number of anilines is 1. The van der Waals surface area contributed by atoms with Gasteiger partial charge in [-0.05, 0) is 38.4 Å². The second-order valence-corrected chi connectivity index (χ2v) is 5.26. The van der Waals surface area contributed by atoms with Crippen LogP contribution in [0.15, 0.2) is 24.3 Å². The molecule has 1 heterocycles. The first-order valence-electron chi connectivity index (χ1n) is 6.95. The zero-order valence-corrected chi connectivity index (χ0v) is 11.9. The summed E-state index contributed by atoms with van der Waals surface area (Å²) in [4.78, 5) is 24.2. The maximum atomic E-state index is 12.2. The maximum absolute atomic E-state index is 12.2. The van der Waals surface area contributed by atoms with E-state index < -0.39 is 4.92 Å². The number of amides is 1. The lowest BCUT2D eigenvalue weighted by molar-refractivity contribution is -0.384. The van der Waals surface area contributed by atoms with Crippen LogP contribution in [0.5, 0.6) is 0 Å². The lowest BCUT2D eigenvalue weighted by Crippen LogP contribution is -2.48. The van der Waals surface area contributed by atoms with E-state index in [9.17, 15) is 20.0 Å². The van der Waals surface area contributed by atoms with Crippen molar-refractivity contribution in [2.75, 3.05) is 18.4 Å². The molecule has 1 aromatic rings. The van der Waals surface area contributed by atoms with Gasteiger partial charge in [-0.2, -0.15) is 0 Å². The number of carbonyl (C=O) groups excluding carboxylic acids is 1. The maximum Gasteiger partial charge on any atom is 0.269 e. The second kappa shape index (κ2) is 6.64. The van der Waals surface area contributed by atoms with Crippen molar-refractivity contribution >= 4 is 17.3 Å². The van der Waals surface area contributed by atoms with Gasteiger partial charge in [-0.25, -0.2) is 0 Å². The van der Waals surface area contributed by atoms with E-state index >= 15 is 0 Å². The Labute approximate surface area is 122 Å². The van der Waals surface area contributed by atoms with E-state index in [4.69, 9.17) is 0 Å². The van der Waals surface area contributed by atoms with Crippen LogP contribution >= 0.6 is 0 Å². The van der Waals surface area contributed by atoms with Gasteiger partial charge in [0.1, 0.15) is 0 Å². The molecular formula is C14H19N3O4. The van der Waals surface area contributed by atoms with E-state index in [1.54, 1.807) is 6.92 Å². The Kier molecular flexibility index (Phi) is 4.87. The zero-order valence-electron chi connectivity index (χ0n) is 11.9. The molecule has 1 fully saturated rings. The largest absolute Gasteiger partial charge is 0.392 e. The predicted octanol–water partition coefficient (Wildman–Crippen LogP) is 1.38. The molecule has 1 saturated heterocycles. The quantitative estimate of drug-likeness (QED) is 0.646. The molecule has 1 aliphatic rings. The van der Waals surface area contributed by atoms with Crippen LogP contribution in [0.4, 0.5) is 11.4 Å². The van der Waals surface area contributed by atoms with Crippen molar-refractivity contribution in [1.29, 1.82) is 0 Å². The number of likely N-dealkylation sites (tertiary alicyclic amines) is 1. The lowest BCUT2D eigenvalue weighted by Gasteiger charge is -2.33. The highest BCUT2D eigenvalue weighted by molar-refractivity contribution is 5.94. The fraction of sp³-hybridized carbons (Fsp3) is 0.500. The number of β-amino-alcohol motifs (C(OH)–C–C–N with tert-alkyl or cyclic N) is 1. The molecule has 2 rings (SSSR count). The predicted molar refractivity (Wildman–Crippen MR) is 78.0 cm³/mol. The van der Waals surface area contributed by atoms with Crippen LogP contribution in [0.25, 0.3) is 0 Å². The number of aliphatic hydroxyl groups is 1. The average molecular weight is 293 g/mol. The molecule has 0 radical (unpaired) electrons. The summed E-state index contributed by atoms with van der Waals surface area (Å²) in [6.45, 7) is 3.07. The molecular weight excluding hydrogens is 274 g/mol. The molecule has 0 aromatic heterocycles. The van der Waals surface area contributed by atoms with Crippen LogP contribution < -0.4 is 5.32 Å². The highest BCUT2D eigenvalue weighted by atomic mass is 16.6. The Morgan fingerprint density at radius 1 is 1.48 bits per heavy atom. The summed E-state index contributed by atoms with van der Waals surface area (Å²) in [5.41, 5.74) is 0.509. The van der Waals surface area contributed by atoms with Crippen molar-refractivity contribution in [3.63, 3.8) is 0 Å². The number of carbonyl (C=O) groups is 1. The number of nitro benzene ring substituents is 1. The Hall–Kier alpha value is -1.99. The van der Waals surface area contributed by atoms with Gasteiger partial charge in [-0.15, -0.1) is 0 Å². The number of hydrogen-bond acceptors (Lipinski definition) is 5. The molecule has 21 heavy (non-hydrogen) atoms. The molecule has 0 aliphatic carbocycles. The van der Waals surface area contributed by atoms with Gasteiger partial charge < -0.3 is 10.4 Å². The molecule has 1 amide bonds. The van der Waals surface area contributed by atoms with Crippen LogP contribution in [0.2, 0.25) is 0 Å². The van der Waals surface area contributed by atoms with Crippen molar-refractivity contribution in [3.05, 3.63) is 34.4 Å². The molecule has 0 unspecified atom stereocenters. The van der Waals surface area contributed by atoms with Crippen molar-refractivity contribution in [1.82, 2.24) is 4.90 Å². The molecule has 1 aliphatic heterocycles. The van der Waals surface area contributed by atoms with Gasteiger partial charge in [0.05, 0.1) is 17.1 Å². The Morgan fingerprint density at radius 3 is 2.71 bits per heavy atom. The molecule has 2 atom stereocenters. The number of nitrogens with one attached hydrogen (secondary N) is 1. The monoisotopic (exact) mass is 293 g/mol. The Balaban J connectivity index is 1.95. The first-order valence-corrected chi connectivity index (χ1v) is 6.95. The summed E-state index contributed by atoms with van der Waals surface area (Å²) in [5.74, 6) is -0.182. The molecule has 0 spiro atoms. The normalized spacial score (nSPS) is 20.8. The number of rotatable bonds is 4. The summed E-state index contributed by atoms with van der Waals surface area (Å²) >= 11 is 0. The first kappa shape index (κ1) is 15.4. The summed E-state index contributed by atoms with van der Waals surface area (Å²) < 4.78 is 0. The van der Waals surface area contributed by atoms with Gasteiger partial charge >= 0.3 is 0 Å². The van der Waals surface area contributed by atoms with Gasteiger partial charge in [-0.3, -0.25) is 19.8 Å². The van der Waals surface area contributed by atoms with Gasteiger partial charge in [0.2, 0.25) is 5.91 Å². The third kappa shape index (κ3) is 3.99. The fourth-order valence-electron chi connectivity index (χ4n) is 2.41. The average Bonchev–Trinajstić information content (AvgIpc) is 2.47. The third-order valence-electron chi connectivity index (χ3n) is 3.70. The number of piperidine rings is 1. The summed E-state index contributed by atoms with van der Waals surface area (Å²) in [5, 5.41) is 22.9. The molecule has 0 bridgehead atoms. The fourth-order valence-corrected chi connectivity index (χ4v) is 2.41. The third-order valence-corrected chi connectivity index (χ3v) is 3.70. The molecule has 7 heteroatoms. The number of benzene rings is 1. The van der Waals surface area contributed by atoms with Crippen LogP contribution in [0.1, 0.15) is 19.8 Å². The van der Waals surface area contributed by atoms with Crippen LogP contribution in [0, 0.1) is 10.1 Å². The van der Waals surface area contributed by atoms with Crippen LogP contribution in [0.3, 0.4) is 0 Å². The van der Waals surface area contributed by atoms with E-state index in [1.165, 1.54) is 24.3 Å². The smallest absolute Gasteiger partial charge is 0.269 e. The summed E-state index contributed by atoms with van der Waals surface area (Å²) in [6.07, 6.45) is 1.26. The number of aliphatic hydroxyl groups excluding tert-OH is 1. The Morgan fingerprint density at radius 2 is 2.14 bits per heavy atom. The lowest BCUT2D eigenvalue weighted by atomic mass is 10.1. The van der Waals surface area contributed by atoms with Gasteiger partial charge in [0.15, 0.2) is 0 Å². The van der Waals surface area contributed by atoms with E-state index in [0.29, 0.717) is 12.2 Å². The topological polar surface area (TPSA) is 95.7 Å². The van der Waals surface area contributed by atoms with Gasteiger partial charge in [-0.1, -0.05) is 0 Å². The van der Waals surface area contributed by atoms with E-state index in [0.717, 1.165) is 19.4 Å². The molecule has 0 saturated carbocycles. The van der Waals surface area contributed by atoms with Crippen molar-refractivity contribution in [2.45, 2.75) is 31.9 Å². The van der Waals surface area contributed by atoms with Crippen molar-refractivity contribution in [3.8, 4) is 0 Å². The van der Waals surface area contributed by atoms with E-state index in [2.05, 4.69) is 5.32 Å². The Bertz CT molecular complexity index is 517. The van der Waals surface area contributed by atoms with Gasteiger partial charge in [0.25, 0.3) is 5.69 Å². The number of nitrogens with zero attached hydrogens (tertiary/aromatic N) is 2. The number of hydrogen-bond donors (Lipinski definition) is 2. The highest BCUT2D eigenvalue weighted by Gasteiger charge is 2.26. The summed E-state index contributed by atoms with van der Waals surface area (Å²) in [7, 11) is 0. The van der Waals surface area contributed by atoms with Crippen LogP contribution in [-0.4, -0.2) is 46.1 Å². The minimum absolute atomic E-state index is 0.0137. The second-order valence-electron chi connectivity index (χ2n) is 5.26. The molecule has 2 N–H and O–H groups in total. The highest BCUT2D eigenvalue weighted by Crippen LogP contribution is 2.17. The summed E-state index contributed by atoms with van der Waals surface area (Å²) in [6, 6.07) is 5.37. The zero-order chi connectivity index (χ0) is 15.4. The minimum Gasteiger partial charge on any atom is -0.392 e. The molecule has 7 nitrogen and oxygen atoms in total. The molecule has 1 aromatic carbocycles. The van der Waals surface area contributed by atoms with Gasteiger partial charge in [0, 0.05) is 24.4 Å². The number of non-ortho nitro benzene ring substituents is 1. The van der Waals surface area contributed by atoms with Crippen molar-refractivity contribution in [2.24, 2.45) is 0 Å². The van der Waals surface area contributed by atoms with E-state index in [-0.39, 0.29) is 23.7 Å². The standard InChI is InChI=1S/C14H19N3O4/c1-10(16-8-2-3-13(18)9-16)14(19)15-11-4-6-12(7-5-11)17(20)21/h4-7,10,13,18H,2-3,8-9H2,1H3,(H,15,19)/t10-,13-/m1/s1. The first-order chi connectivity index (χ1) is 9.97. The number of nitro groups is 1.